The summed E-state index contributed by atoms with van der Waals surface area (Å²) in [6.07, 6.45) is 5.48. The van der Waals surface area contributed by atoms with E-state index < -0.39 is 0 Å². The van der Waals surface area contributed by atoms with E-state index in [0.29, 0.717) is 0 Å². The van der Waals surface area contributed by atoms with Gasteiger partial charge in [-0.1, -0.05) is 18.2 Å². The fourth-order valence-corrected chi connectivity index (χ4v) is 1.01. The molecular formula is C9H8IrN2. The quantitative estimate of drug-likeness (QED) is 0.777. The zero-order valence-electron chi connectivity index (χ0n) is 6.35. The predicted octanol–water partition coefficient (Wildman–Crippen LogP) is 1.87. The molecule has 0 saturated carbocycles. The fourth-order valence-electron chi connectivity index (χ4n) is 1.01. The second-order valence-electron chi connectivity index (χ2n) is 2.31. The zero-order chi connectivity index (χ0) is 7.52. The van der Waals surface area contributed by atoms with Crippen LogP contribution in [0.1, 0.15) is 0 Å². The summed E-state index contributed by atoms with van der Waals surface area (Å²) in [5, 5.41) is 0. The Hall–Kier alpha value is -0.921. The van der Waals surface area contributed by atoms with Crippen LogP contribution in [0.3, 0.4) is 0 Å². The molecule has 0 unspecified atom stereocenters. The summed E-state index contributed by atoms with van der Waals surface area (Å²) in [7, 11) is 0. The third-order valence-electron chi connectivity index (χ3n) is 1.56. The first-order valence-corrected chi connectivity index (χ1v) is 3.50. The van der Waals surface area contributed by atoms with E-state index in [1.807, 2.05) is 41.1 Å². The molecule has 0 aliphatic carbocycles. The first-order valence-electron chi connectivity index (χ1n) is 3.50. The van der Waals surface area contributed by atoms with Crippen molar-refractivity contribution in [1.29, 1.82) is 0 Å². The predicted molar refractivity (Wildman–Crippen MR) is 43.6 cm³/mol. The largest absolute Gasteiger partial charge is 0.306 e. The van der Waals surface area contributed by atoms with Gasteiger partial charge in [0.2, 0.25) is 0 Å². The standard InChI is InChI=1S/C9H8N2.Ir/c1-2-4-9(5-3-1)11-7-6-10-8-11;/h1-8H;. The van der Waals surface area contributed by atoms with Crippen molar-refractivity contribution in [3.8, 4) is 5.69 Å². The molecule has 0 saturated heterocycles. The summed E-state index contributed by atoms with van der Waals surface area (Å²) in [5.41, 5.74) is 1.14. The number of rotatable bonds is 1. The van der Waals surface area contributed by atoms with Gasteiger partial charge in [0.15, 0.2) is 0 Å². The van der Waals surface area contributed by atoms with E-state index in [0.717, 1.165) is 5.69 Å². The minimum absolute atomic E-state index is 0. The molecule has 0 aliphatic rings. The molecule has 2 nitrogen and oxygen atoms in total. The molecule has 2 aromatic rings. The van der Waals surface area contributed by atoms with Gasteiger partial charge in [0.05, 0.1) is 6.33 Å². The Labute approximate surface area is 84.6 Å². The maximum atomic E-state index is 3.96. The van der Waals surface area contributed by atoms with Crippen molar-refractivity contribution in [3.05, 3.63) is 49.1 Å². The number of benzene rings is 1. The molecule has 2 rings (SSSR count). The number of hydrogen-bond acceptors (Lipinski definition) is 1. The van der Waals surface area contributed by atoms with Crippen LogP contribution >= 0.6 is 0 Å². The second kappa shape index (κ2) is 4.19. The molecular weight excluding hydrogens is 328 g/mol. The molecule has 0 amide bonds. The second-order valence-corrected chi connectivity index (χ2v) is 2.31. The van der Waals surface area contributed by atoms with Gasteiger partial charge >= 0.3 is 0 Å². The molecule has 0 atom stereocenters. The Morgan fingerprint density at radius 2 is 1.83 bits per heavy atom. The molecule has 0 N–H and O–H groups in total. The fraction of sp³-hybridized carbons (Fsp3) is 0. The van der Waals surface area contributed by atoms with Crippen molar-refractivity contribution in [2.24, 2.45) is 0 Å². The first kappa shape index (κ1) is 9.17. The molecule has 1 aromatic heterocycles. The summed E-state index contributed by atoms with van der Waals surface area (Å²) in [5.74, 6) is 0. The molecule has 0 fully saturated rings. The smallest absolute Gasteiger partial charge is 0.0991 e. The van der Waals surface area contributed by atoms with Gasteiger partial charge in [0.25, 0.3) is 0 Å². The van der Waals surface area contributed by atoms with E-state index in [-0.39, 0.29) is 20.1 Å². The molecule has 1 heterocycles. The van der Waals surface area contributed by atoms with Crippen LogP contribution < -0.4 is 0 Å². The van der Waals surface area contributed by atoms with Crippen molar-refractivity contribution >= 4 is 0 Å². The maximum Gasteiger partial charge on any atom is 0.0991 e. The van der Waals surface area contributed by atoms with Crippen molar-refractivity contribution < 1.29 is 20.1 Å². The van der Waals surface area contributed by atoms with Gasteiger partial charge in [0, 0.05) is 38.2 Å². The maximum absolute atomic E-state index is 3.96. The van der Waals surface area contributed by atoms with E-state index in [2.05, 4.69) is 4.98 Å². The van der Waals surface area contributed by atoms with Gasteiger partial charge < -0.3 is 4.57 Å². The van der Waals surface area contributed by atoms with Crippen LogP contribution in [0.4, 0.5) is 0 Å². The Morgan fingerprint density at radius 3 is 2.42 bits per heavy atom. The van der Waals surface area contributed by atoms with Crippen LogP contribution in [-0.4, -0.2) is 9.55 Å². The molecule has 0 aliphatic heterocycles. The normalized spacial score (nSPS) is 9.00. The van der Waals surface area contributed by atoms with Crippen LogP contribution in [-0.2, 0) is 20.1 Å². The summed E-state index contributed by atoms with van der Waals surface area (Å²) < 4.78 is 1.97. The zero-order valence-corrected chi connectivity index (χ0v) is 8.74. The van der Waals surface area contributed by atoms with Gasteiger partial charge in [-0.25, -0.2) is 4.98 Å². The van der Waals surface area contributed by atoms with Crippen LogP contribution in [0.25, 0.3) is 5.69 Å². The van der Waals surface area contributed by atoms with Gasteiger partial charge in [-0.05, 0) is 12.1 Å². The number of imidazole rings is 1. The Bertz CT molecular complexity index is 316. The first-order chi connectivity index (χ1) is 5.47. The van der Waals surface area contributed by atoms with E-state index in [9.17, 15) is 0 Å². The summed E-state index contributed by atoms with van der Waals surface area (Å²) in [6.45, 7) is 0. The molecule has 3 heteroatoms. The number of hydrogen-bond donors (Lipinski definition) is 0. The number of aromatic nitrogens is 2. The summed E-state index contributed by atoms with van der Waals surface area (Å²) in [6, 6.07) is 10.1. The van der Waals surface area contributed by atoms with Gasteiger partial charge in [-0.15, -0.1) is 0 Å². The average Bonchev–Trinajstić information content (AvgIpc) is 2.58. The van der Waals surface area contributed by atoms with Gasteiger partial charge in [0.1, 0.15) is 0 Å². The molecule has 12 heavy (non-hydrogen) atoms. The van der Waals surface area contributed by atoms with Crippen LogP contribution in [0.2, 0.25) is 0 Å². The van der Waals surface area contributed by atoms with Crippen molar-refractivity contribution in [3.63, 3.8) is 0 Å². The molecule has 0 spiro atoms. The minimum atomic E-state index is 0. The summed E-state index contributed by atoms with van der Waals surface area (Å²) >= 11 is 0. The van der Waals surface area contributed by atoms with Crippen LogP contribution in [0.15, 0.2) is 49.1 Å². The Morgan fingerprint density at radius 1 is 1.08 bits per heavy atom. The topological polar surface area (TPSA) is 17.8 Å². The third-order valence-corrected chi connectivity index (χ3v) is 1.56. The minimum Gasteiger partial charge on any atom is -0.306 e. The number of para-hydroxylation sites is 1. The van der Waals surface area contributed by atoms with E-state index in [1.54, 1.807) is 12.5 Å². The molecule has 1 radical (unpaired) electrons. The average molecular weight is 336 g/mol. The SMILES string of the molecule is [Ir].c1ccc(-n2ccnc2)cc1. The monoisotopic (exact) mass is 337 g/mol. The van der Waals surface area contributed by atoms with Gasteiger partial charge in [-0.3, -0.25) is 0 Å². The van der Waals surface area contributed by atoms with E-state index in [4.69, 9.17) is 0 Å². The Balaban J connectivity index is 0.000000720. The summed E-state index contributed by atoms with van der Waals surface area (Å²) in [4.78, 5) is 3.96. The van der Waals surface area contributed by atoms with E-state index in [1.165, 1.54) is 0 Å². The van der Waals surface area contributed by atoms with Crippen molar-refractivity contribution in [2.45, 2.75) is 0 Å². The Kier molecular flexibility index (Phi) is 3.20. The van der Waals surface area contributed by atoms with Crippen molar-refractivity contribution in [1.82, 2.24) is 9.55 Å². The van der Waals surface area contributed by atoms with Crippen LogP contribution in [0, 0.1) is 0 Å². The molecule has 63 valence electrons. The number of nitrogens with zero attached hydrogens (tertiary/aromatic N) is 2. The van der Waals surface area contributed by atoms with Crippen molar-refractivity contribution in [2.75, 3.05) is 0 Å². The van der Waals surface area contributed by atoms with Gasteiger partial charge in [-0.2, -0.15) is 0 Å². The molecule has 0 bridgehead atoms. The van der Waals surface area contributed by atoms with Crippen LogP contribution in [0.5, 0.6) is 0 Å². The van der Waals surface area contributed by atoms with E-state index >= 15 is 0 Å². The third kappa shape index (κ3) is 1.81. The molecule has 1 aromatic carbocycles.